The summed E-state index contributed by atoms with van der Waals surface area (Å²) in [6.07, 6.45) is 2.25. The van der Waals surface area contributed by atoms with E-state index in [1.807, 2.05) is 18.2 Å². The average Bonchev–Trinajstić information content (AvgIpc) is 2.67. The molecule has 25 heavy (non-hydrogen) atoms. The van der Waals surface area contributed by atoms with Crippen LogP contribution in [0.3, 0.4) is 0 Å². The fraction of sp³-hybridized carbons (Fsp3) is 0.143. The van der Waals surface area contributed by atoms with Gasteiger partial charge >= 0.3 is 0 Å². The fourth-order valence-corrected chi connectivity index (χ4v) is 2.80. The molecule has 2 aromatic carbocycles. The largest absolute Gasteiger partial charge is 0.496 e. The molecule has 1 N–H and O–H groups in total. The molecule has 0 spiro atoms. The maximum absolute atomic E-state index is 11.0. The molecular weight excluding hydrogens is 312 g/mol. The molecule has 1 heterocycles. The van der Waals surface area contributed by atoms with Gasteiger partial charge in [0, 0.05) is 18.8 Å². The first-order chi connectivity index (χ1) is 12.2. The number of aldehydes is 1. The van der Waals surface area contributed by atoms with Crippen molar-refractivity contribution < 1.29 is 9.53 Å². The number of carbonyl (C=O) groups is 1. The van der Waals surface area contributed by atoms with Gasteiger partial charge in [0.1, 0.15) is 11.6 Å². The Balaban J connectivity index is 1.81. The summed E-state index contributed by atoms with van der Waals surface area (Å²) in [7, 11) is 1.54. The minimum absolute atomic E-state index is 0.440. The third-order valence-electron chi connectivity index (χ3n) is 4.23. The van der Waals surface area contributed by atoms with E-state index < -0.39 is 0 Å². The summed E-state index contributed by atoms with van der Waals surface area (Å²) in [5.41, 5.74) is 5.30. The zero-order valence-electron chi connectivity index (χ0n) is 14.3. The Morgan fingerprint density at radius 2 is 1.92 bits per heavy atom. The number of aromatic nitrogens is 1. The summed E-state index contributed by atoms with van der Waals surface area (Å²) in [5, 5.41) is 3.30. The highest BCUT2D eigenvalue weighted by Gasteiger charge is 2.08. The highest BCUT2D eigenvalue weighted by Crippen LogP contribution is 2.26. The molecule has 126 valence electrons. The predicted octanol–water partition coefficient (Wildman–Crippen LogP) is 4.49. The number of hydrogen-bond acceptors (Lipinski definition) is 4. The maximum atomic E-state index is 11.0. The van der Waals surface area contributed by atoms with E-state index in [2.05, 4.69) is 47.6 Å². The van der Waals surface area contributed by atoms with Crippen LogP contribution in [0.5, 0.6) is 5.75 Å². The van der Waals surface area contributed by atoms with Gasteiger partial charge in [-0.05, 0) is 29.2 Å². The van der Waals surface area contributed by atoms with Gasteiger partial charge in [0.2, 0.25) is 0 Å². The number of pyridine rings is 1. The number of ether oxygens (including phenoxy) is 1. The van der Waals surface area contributed by atoms with Crippen LogP contribution in [0.2, 0.25) is 0 Å². The molecule has 0 saturated carbocycles. The van der Waals surface area contributed by atoms with Gasteiger partial charge in [0.05, 0.1) is 12.7 Å². The van der Waals surface area contributed by atoms with Gasteiger partial charge in [0.15, 0.2) is 6.29 Å². The van der Waals surface area contributed by atoms with Crippen LogP contribution in [0.1, 0.15) is 21.5 Å². The molecule has 0 fully saturated rings. The lowest BCUT2D eigenvalue weighted by Gasteiger charge is -2.13. The van der Waals surface area contributed by atoms with Crippen molar-refractivity contribution in [3.8, 4) is 16.9 Å². The van der Waals surface area contributed by atoms with Crippen molar-refractivity contribution in [1.29, 1.82) is 0 Å². The standard InChI is InChI=1S/C21H20N2O2/c1-15-17(9-6-10-19(15)16-7-4-3-5-8-16)12-22-21-11-20(25-2)18(14-24)13-23-21/h3-11,13-14H,12H2,1-2H3,(H,22,23). The number of methoxy groups -OCH3 is 1. The van der Waals surface area contributed by atoms with Gasteiger partial charge in [0.25, 0.3) is 0 Å². The second-order valence-electron chi connectivity index (χ2n) is 5.74. The molecule has 0 radical (unpaired) electrons. The van der Waals surface area contributed by atoms with E-state index in [4.69, 9.17) is 4.74 Å². The van der Waals surface area contributed by atoms with Crippen LogP contribution < -0.4 is 10.1 Å². The summed E-state index contributed by atoms with van der Waals surface area (Å²) in [4.78, 5) is 15.2. The van der Waals surface area contributed by atoms with Crippen LogP contribution in [0.25, 0.3) is 11.1 Å². The van der Waals surface area contributed by atoms with Gasteiger partial charge < -0.3 is 10.1 Å². The van der Waals surface area contributed by atoms with E-state index in [9.17, 15) is 4.79 Å². The molecule has 0 atom stereocenters. The Morgan fingerprint density at radius 3 is 2.64 bits per heavy atom. The Morgan fingerprint density at radius 1 is 1.12 bits per heavy atom. The molecule has 1 aromatic heterocycles. The van der Waals surface area contributed by atoms with Crippen molar-refractivity contribution >= 4 is 12.1 Å². The van der Waals surface area contributed by atoms with Crippen LogP contribution in [0.15, 0.2) is 60.8 Å². The Labute approximate surface area is 147 Å². The van der Waals surface area contributed by atoms with E-state index in [0.29, 0.717) is 23.7 Å². The van der Waals surface area contributed by atoms with E-state index in [0.717, 1.165) is 6.29 Å². The van der Waals surface area contributed by atoms with Crippen molar-refractivity contribution in [3.63, 3.8) is 0 Å². The van der Waals surface area contributed by atoms with Crippen molar-refractivity contribution in [1.82, 2.24) is 4.98 Å². The maximum Gasteiger partial charge on any atom is 0.155 e. The molecule has 3 aromatic rings. The fourth-order valence-electron chi connectivity index (χ4n) is 2.80. The first kappa shape index (κ1) is 16.7. The van der Waals surface area contributed by atoms with E-state index in [1.165, 1.54) is 28.5 Å². The molecular formula is C21H20N2O2. The van der Waals surface area contributed by atoms with Crippen LogP contribution in [-0.2, 0) is 6.54 Å². The van der Waals surface area contributed by atoms with Gasteiger partial charge in [-0.1, -0.05) is 48.5 Å². The summed E-state index contributed by atoms with van der Waals surface area (Å²) < 4.78 is 5.22. The molecule has 0 saturated heterocycles. The van der Waals surface area contributed by atoms with Crippen LogP contribution in [-0.4, -0.2) is 18.4 Å². The number of hydrogen-bond donors (Lipinski definition) is 1. The molecule has 0 unspecified atom stereocenters. The Hall–Kier alpha value is -3.14. The molecule has 0 aliphatic rings. The van der Waals surface area contributed by atoms with E-state index in [1.54, 1.807) is 13.2 Å². The molecule has 0 amide bonds. The number of anilines is 1. The van der Waals surface area contributed by atoms with Crippen molar-refractivity contribution in [2.75, 3.05) is 12.4 Å². The number of benzene rings is 2. The lowest BCUT2D eigenvalue weighted by atomic mass is 9.96. The monoisotopic (exact) mass is 332 g/mol. The Bertz CT molecular complexity index is 876. The SMILES string of the molecule is COc1cc(NCc2cccc(-c3ccccc3)c2C)ncc1C=O. The summed E-state index contributed by atoms with van der Waals surface area (Å²) in [6.45, 7) is 2.77. The van der Waals surface area contributed by atoms with Crippen LogP contribution in [0.4, 0.5) is 5.82 Å². The number of carbonyl (C=O) groups excluding carboxylic acids is 1. The van der Waals surface area contributed by atoms with Crippen LogP contribution >= 0.6 is 0 Å². The topological polar surface area (TPSA) is 51.2 Å². The zero-order valence-corrected chi connectivity index (χ0v) is 14.3. The summed E-state index contributed by atoms with van der Waals surface area (Å²) >= 11 is 0. The molecule has 0 bridgehead atoms. The van der Waals surface area contributed by atoms with Crippen molar-refractivity contribution in [2.24, 2.45) is 0 Å². The van der Waals surface area contributed by atoms with Gasteiger partial charge in [-0.25, -0.2) is 4.98 Å². The van der Waals surface area contributed by atoms with Gasteiger partial charge in [-0.3, -0.25) is 4.79 Å². The van der Waals surface area contributed by atoms with Gasteiger partial charge in [-0.2, -0.15) is 0 Å². The van der Waals surface area contributed by atoms with E-state index in [-0.39, 0.29) is 0 Å². The lowest BCUT2D eigenvalue weighted by Crippen LogP contribution is -2.04. The predicted molar refractivity (Wildman–Crippen MR) is 100 cm³/mol. The summed E-state index contributed by atoms with van der Waals surface area (Å²) in [5.74, 6) is 1.19. The molecule has 0 aliphatic heterocycles. The minimum Gasteiger partial charge on any atom is -0.496 e. The number of nitrogens with zero attached hydrogens (tertiary/aromatic N) is 1. The quantitative estimate of drug-likeness (QED) is 0.676. The third kappa shape index (κ3) is 3.69. The Kier molecular flexibility index (Phi) is 5.09. The average molecular weight is 332 g/mol. The highest BCUT2D eigenvalue weighted by atomic mass is 16.5. The van der Waals surface area contributed by atoms with Crippen molar-refractivity contribution in [2.45, 2.75) is 13.5 Å². The second kappa shape index (κ2) is 7.62. The van der Waals surface area contributed by atoms with Crippen LogP contribution in [0, 0.1) is 6.92 Å². The highest BCUT2D eigenvalue weighted by molar-refractivity contribution is 5.79. The zero-order chi connectivity index (χ0) is 17.6. The minimum atomic E-state index is 0.440. The van der Waals surface area contributed by atoms with Gasteiger partial charge in [-0.15, -0.1) is 0 Å². The van der Waals surface area contributed by atoms with Crippen molar-refractivity contribution in [3.05, 3.63) is 77.5 Å². The molecule has 0 aliphatic carbocycles. The first-order valence-electron chi connectivity index (χ1n) is 8.10. The van der Waals surface area contributed by atoms with E-state index >= 15 is 0 Å². The molecule has 3 rings (SSSR count). The number of nitrogens with one attached hydrogen (secondary N) is 1. The molecule has 4 heteroatoms. The second-order valence-corrected chi connectivity index (χ2v) is 5.74. The molecule has 4 nitrogen and oxygen atoms in total. The normalized spacial score (nSPS) is 10.3. The smallest absolute Gasteiger partial charge is 0.155 e. The number of rotatable bonds is 6. The lowest BCUT2D eigenvalue weighted by molar-refractivity contribution is 0.112. The summed E-state index contributed by atoms with van der Waals surface area (Å²) in [6, 6.07) is 18.4. The third-order valence-corrected chi connectivity index (χ3v) is 4.23. The first-order valence-corrected chi connectivity index (χ1v) is 8.10.